The Labute approximate surface area is 131 Å². The molecule has 2 aromatic carbocycles. The fourth-order valence-electron chi connectivity index (χ4n) is 2.50. The average Bonchev–Trinajstić information content (AvgIpc) is 2.45. The van der Waals surface area contributed by atoms with Crippen molar-refractivity contribution in [3.63, 3.8) is 0 Å². The van der Waals surface area contributed by atoms with Gasteiger partial charge in [-0.2, -0.15) is 0 Å². The maximum Gasteiger partial charge on any atom is 0.247 e. The Morgan fingerprint density at radius 3 is 2.57 bits per heavy atom. The Balaban J connectivity index is 2.02. The van der Waals surface area contributed by atoms with Crippen molar-refractivity contribution in [2.75, 3.05) is 4.90 Å². The van der Waals surface area contributed by atoms with Crippen LogP contribution in [0.15, 0.2) is 42.5 Å². The summed E-state index contributed by atoms with van der Waals surface area (Å²) in [4.78, 5) is 13.5. The van der Waals surface area contributed by atoms with E-state index in [0.717, 1.165) is 0 Å². The zero-order chi connectivity index (χ0) is 15.1. The van der Waals surface area contributed by atoms with Crippen LogP contribution in [-0.2, 0) is 4.79 Å². The number of rotatable bonds is 2. The van der Waals surface area contributed by atoms with E-state index in [4.69, 9.17) is 28.9 Å². The largest absolute Gasteiger partial charge is 0.318 e. The number of nitrogens with two attached hydrogens (primary N) is 1. The minimum Gasteiger partial charge on any atom is -0.318 e. The van der Waals surface area contributed by atoms with Crippen LogP contribution in [0.25, 0.3) is 0 Å². The third-order valence-electron chi connectivity index (χ3n) is 3.51. The lowest BCUT2D eigenvalue weighted by Gasteiger charge is -2.45. The number of β-lactam (4-membered cyclic amide) rings is 1. The topological polar surface area (TPSA) is 46.3 Å². The van der Waals surface area contributed by atoms with Crippen molar-refractivity contribution in [1.29, 1.82) is 0 Å². The van der Waals surface area contributed by atoms with E-state index in [1.807, 2.05) is 0 Å². The van der Waals surface area contributed by atoms with Crippen molar-refractivity contribution in [3.8, 4) is 0 Å². The summed E-state index contributed by atoms with van der Waals surface area (Å²) in [5, 5.41) is 0.928. The highest BCUT2D eigenvalue weighted by Gasteiger charge is 2.47. The van der Waals surface area contributed by atoms with E-state index in [-0.39, 0.29) is 5.91 Å². The lowest BCUT2D eigenvalue weighted by molar-refractivity contribution is -0.126. The number of hydrogen-bond acceptors (Lipinski definition) is 2. The molecule has 2 N–H and O–H groups in total. The Bertz CT molecular complexity index is 723. The standard InChI is InChI=1S/C15H11Cl2FN2O/c16-8-4-5-11(12(17)6-8)14-13(19)15(21)20(14)10-3-1-2-9(18)7-10/h1-7,13-14H,19H2/t13-,14-/m0/s1. The number of benzene rings is 2. The normalized spacial score (nSPS) is 21.3. The molecule has 1 aliphatic rings. The fourth-order valence-corrected chi connectivity index (χ4v) is 3.02. The van der Waals surface area contributed by atoms with Gasteiger partial charge in [-0.05, 0) is 35.9 Å². The molecule has 108 valence electrons. The smallest absolute Gasteiger partial charge is 0.247 e. The summed E-state index contributed by atoms with van der Waals surface area (Å²) in [6.07, 6.45) is 0. The van der Waals surface area contributed by atoms with Crippen LogP contribution in [0.2, 0.25) is 10.0 Å². The van der Waals surface area contributed by atoms with Gasteiger partial charge < -0.3 is 10.6 Å². The Hall–Kier alpha value is -1.62. The third kappa shape index (κ3) is 2.39. The molecule has 3 rings (SSSR count). The van der Waals surface area contributed by atoms with Gasteiger partial charge in [-0.3, -0.25) is 4.79 Å². The molecule has 0 bridgehead atoms. The van der Waals surface area contributed by atoms with Gasteiger partial charge in [0, 0.05) is 15.7 Å². The minimum absolute atomic E-state index is 0.267. The van der Waals surface area contributed by atoms with E-state index in [1.165, 1.54) is 17.0 Å². The first kappa shape index (κ1) is 14.3. The molecule has 1 heterocycles. The van der Waals surface area contributed by atoms with Crippen molar-refractivity contribution < 1.29 is 9.18 Å². The van der Waals surface area contributed by atoms with Crippen LogP contribution in [0, 0.1) is 5.82 Å². The maximum absolute atomic E-state index is 13.4. The van der Waals surface area contributed by atoms with Crippen molar-refractivity contribution in [2.45, 2.75) is 12.1 Å². The highest BCUT2D eigenvalue weighted by atomic mass is 35.5. The molecule has 2 atom stereocenters. The second-order valence-electron chi connectivity index (χ2n) is 4.82. The van der Waals surface area contributed by atoms with Crippen LogP contribution in [0.3, 0.4) is 0 Å². The molecule has 0 radical (unpaired) electrons. The number of carbonyl (C=O) groups excluding carboxylic acids is 1. The minimum atomic E-state index is -0.702. The summed E-state index contributed by atoms with van der Waals surface area (Å²) in [7, 11) is 0. The molecule has 0 spiro atoms. The van der Waals surface area contributed by atoms with E-state index in [0.29, 0.717) is 21.3 Å². The molecule has 1 fully saturated rings. The molecule has 1 saturated heterocycles. The zero-order valence-electron chi connectivity index (χ0n) is 10.8. The summed E-state index contributed by atoms with van der Waals surface area (Å²) in [6, 6.07) is 9.69. The van der Waals surface area contributed by atoms with Gasteiger partial charge in [-0.25, -0.2) is 4.39 Å². The quantitative estimate of drug-likeness (QED) is 0.859. The van der Waals surface area contributed by atoms with Crippen molar-refractivity contribution in [2.24, 2.45) is 5.73 Å². The van der Waals surface area contributed by atoms with Crippen LogP contribution in [0.4, 0.5) is 10.1 Å². The summed E-state index contributed by atoms with van der Waals surface area (Å²) >= 11 is 12.1. The third-order valence-corrected chi connectivity index (χ3v) is 4.07. The average molecular weight is 325 g/mol. The van der Waals surface area contributed by atoms with E-state index in [2.05, 4.69) is 0 Å². The van der Waals surface area contributed by atoms with Gasteiger partial charge in [0.1, 0.15) is 11.9 Å². The van der Waals surface area contributed by atoms with E-state index in [1.54, 1.807) is 30.3 Å². The lowest BCUT2D eigenvalue weighted by atomic mass is 9.88. The second-order valence-corrected chi connectivity index (χ2v) is 5.67. The predicted octanol–water partition coefficient (Wildman–Crippen LogP) is 3.55. The Morgan fingerprint density at radius 1 is 1.14 bits per heavy atom. The molecule has 0 unspecified atom stereocenters. The molecule has 3 nitrogen and oxygen atoms in total. The van der Waals surface area contributed by atoms with E-state index >= 15 is 0 Å². The van der Waals surface area contributed by atoms with Crippen LogP contribution in [0.5, 0.6) is 0 Å². The summed E-state index contributed by atoms with van der Waals surface area (Å²) in [5.74, 6) is -0.682. The number of anilines is 1. The molecular weight excluding hydrogens is 314 g/mol. The molecular formula is C15H11Cl2FN2O. The van der Waals surface area contributed by atoms with Gasteiger partial charge >= 0.3 is 0 Å². The highest BCUT2D eigenvalue weighted by Crippen LogP contribution is 2.41. The zero-order valence-corrected chi connectivity index (χ0v) is 12.3. The van der Waals surface area contributed by atoms with Crippen molar-refractivity contribution in [1.82, 2.24) is 0 Å². The first-order valence-electron chi connectivity index (χ1n) is 6.28. The van der Waals surface area contributed by atoms with E-state index in [9.17, 15) is 9.18 Å². The molecule has 2 aromatic rings. The van der Waals surface area contributed by atoms with Gasteiger partial charge in [-0.1, -0.05) is 35.3 Å². The number of halogens is 3. The number of hydrogen-bond donors (Lipinski definition) is 1. The Morgan fingerprint density at radius 2 is 1.90 bits per heavy atom. The molecule has 1 amide bonds. The number of carbonyl (C=O) groups is 1. The van der Waals surface area contributed by atoms with Crippen molar-refractivity contribution >= 4 is 34.8 Å². The van der Waals surface area contributed by atoms with Crippen LogP contribution in [-0.4, -0.2) is 11.9 Å². The summed E-state index contributed by atoms with van der Waals surface area (Å²) in [6.45, 7) is 0. The molecule has 21 heavy (non-hydrogen) atoms. The predicted molar refractivity (Wildman–Crippen MR) is 81.1 cm³/mol. The Kier molecular flexibility index (Phi) is 3.61. The highest BCUT2D eigenvalue weighted by molar-refractivity contribution is 6.35. The molecule has 1 aliphatic heterocycles. The number of nitrogens with zero attached hydrogens (tertiary/aromatic N) is 1. The molecule has 0 aromatic heterocycles. The first-order valence-corrected chi connectivity index (χ1v) is 7.04. The van der Waals surface area contributed by atoms with Gasteiger partial charge in [0.15, 0.2) is 0 Å². The molecule has 0 aliphatic carbocycles. The SMILES string of the molecule is N[C@@H]1C(=O)N(c2cccc(F)c2)[C@H]1c1ccc(Cl)cc1Cl. The van der Waals surface area contributed by atoms with Crippen LogP contribution in [0.1, 0.15) is 11.6 Å². The fraction of sp³-hybridized carbons (Fsp3) is 0.133. The summed E-state index contributed by atoms with van der Waals surface area (Å²) in [5.41, 5.74) is 7.04. The molecule has 6 heteroatoms. The van der Waals surface area contributed by atoms with Crippen LogP contribution < -0.4 is 10.6 Å². The van der Waals surface area contributed by atoms with Gasteiger partial charge in [0.05, 0.1) is 6.04 Å². The van der Waals surface area contributed by atoms with E-state index < -0.39 is 17.9 Å². The van der Waals surface area contributed by atoms with Gasteiger partial charge in [0.25, 0.3) is 0 Å². The summed E-state index contributed by atoms with van der Waals surface area (Å²) < 4.78 is 13.4. The lowest BCUT2D eigenvalue weighted by Crippen LogP contribution is -2.63. The van der Waals surface area contributed by atoms with Crippen molar-refractivity contribution in [3.05, 3.63) is 63.9 Å². The van der Waals surface area contributed by atoms with Gasteiger partial charge in [-0.15, -0.1) is 0 Å². The van der Waals surface area contributed by atoms with Gasteiger partial charge in [0.2, 0.25) is 5.91 Å². The first-order chi connectivity index (χ1) is 9.99. The van der Waals surface area contributed by atoms with Crippen LogP contribution >= 0.6 is 23.2 Å². The maximum atomic E-state index is 13.4. The monoisotopic (exact) mass is 324 g/mol. The number of amides is 1. The second kappa shape index (κ2) is 5.30. The molecule has 0 saturated carbocycles.